The summed E-state index contributed by atoms with van der Waals surface area (Å²) in [5, 5.41) is 7.60. The molecule has 74 valence electrons. The van der Waals surface area contributed by atoms with Crippen molar-refractivity contribution in [2.45, 2.75) is 13.0 Å². The lowest BCUT2D eigenvalue weighted by Crippen LogP contribution is -2.11. The van der Waals surface area contributed by atoms with Gasteiger partial charge >= 0.3 is 0 Å². The molecule has 2 rings (SSSR count). The quantitative estimate of drug-likeness (QED) is 0.796. The summed E-state index contributed by atoms with van der Waals surface area (Å²) in [4.78, 5) is 0. The van der Waals surface area contributed by atoms with Crippen molar-refractivity contribution in [1.29, 1.82) is 0 Å². The summed E-state index contributed by atoms with van der Waals surface area (Å²) in [5.74, 6) is 0.396. The first kappa shape index (κ1) is 9.15. The van der Waals surface area contributed by atoms with Crippen LogP contribution in [0.2, 0.25) is 0 Å². The molecule has 0 aliphatic carbocycles. The molecule has 0 amide bonds. The van der Waals surface area contributed by atoms with Gasteiger partial charge in [-0.3, -0.25) is 0 Å². The van der Waals surface area contributed by atoms with Gasteiger partial charge in [-0.15, -0.1) is 0 Å². The summed E-state index contributed by atoms with van der Waals surface area (Å²) in [6.45, 7) is 1.94. The van der Waals surface area contributed by atoms with E-state index in [1.165, 1.54) is 12.1 Å². The molecule has 2 aromatic rings. The normalized spacial score (nSPS) is 13.4. The van der Waals surface area contributed by atoms with Crippen LogP contribution in [-0.2, 0) is 0 Å². The topological polar surface area (TPSA) is 38.1 Å². The second-order valence-electron chi connectivity index (χ2n) is 3.22. The second-order valence-corrected chi connectivity index (χ2v) is 3.22. The Labute approximate surface area is 80.9 Å². The highest BCUT2D eigenvalue weighted by Crippen LogP contribution is 2.24. The number of hydrogen-bond donors (Lipinski definition) is 1. The standard InChI is InChI=1S/C10H11FN2O/c1-6(12-2)10-8-5-7(11)3-4-9(8)13-14-10/h3-6,12H,1-2H3. The van der Waals surface area contributed by atoms with Crippen molar-refractivity contribution >= 4 is 10.9 Å². The van der Waals surface area contributed by atoms with Crippen molar-refractivity contribution in [3.8, 4) is 0 Å². The first-order chi connectivity index (χ1) is 6.72. The summed E-state index contributed by atoms with van der Waals surface area (Å²) < 4.78 is 18.1. The van der Waals surface area contributed by atoms with Crippen LogP contribution in [0.15, 0.2) is 22.7 Å². The number of nitrogens with zero attached hydrogens (tertiary/aromatic N) is 1. The van der Waals surface area contributed by atoms with E-state index in [0.717, 1.165) is 5.39 Å². The zero-order chi connectivity index (χ0) is 10.1. The molecular weight excluding hydrogens is 183 g/mol. The van der Waals surface area contributed by atoms with Crippen molar-refractivity contribution in [2.75, 3.05) is 7.05 Å². The lowest BCUT2D eigenvalue weighted by Gasteiger charge is -2.04. The predicted octanol–water partition coefficient (Wildman–Crippen LogP) is 2.25. The van der Waals surface area contributed by atoms with Crippen LogP contribution in [-0.4, -0.2) is 12.2 Å². The van der Waals surface area contributed by atoms with Gasteiger partial charge in [0.1, 0.15) is 11.3 Å². The van der Waals surface area contributed by atoms with Crippen LogP contribution in [0.4, 0.5) is 4.39 Å². The first-order valence-electron chi connectivity index (χ1n) is 4.44. The van der Waals surface area contributed by atoms with E-state index in [2.05, 4.69) is 10.5 Å². The molecule has 0 spiro atoms. The van der Waals surface area contributed by atoms with Crippen LogP contribution in [0, 0.1) is 5.82 Å². The van der Waals surface area contributed by atoms with Gasteiger partial charge in [0, 0.05) is 5.39 Å². The Morgan fingerprint density at radius 2 is 2.29 bits per heavy atom. The van der Waals surface area contributed by atoms with E-state index in [4.69, 9.17) is 4.52 Å². The van der Waals surface area contributed by atoms with Gasteiger partial charge in [0.2, 0.25) is 0 Å². The van der Waals surface area contributed by atoms with E-state index in [1.807, 2.05) is 14.0 Å². The molecule has 1 aromatic heterocycles. The molecule has 1 heterocycles. The average Bonchev–Trinajstić information content (AvgIpc) is 2.59. The minimum atomic E-state index is -0.273. The summed E-state index contributed by atoms with van der Waals surface area (Å²) >= 11 is 0. The molecular formula is C10H11FN2O. The molecule has 0 saturated heterocycles. The number of aromatic nitrogens is 1. The highest BCUT2D eigenvalue weighted by Gasteiger charge is 2.14. The van der Waals surface area contributed by atoms with Crippen LogP contribution in [0.1, 0.15) is 18.7 Å². The van der Waals surface area contributed by atoms with Crippen LogP contribution in [0.25, 0.3) is 10.9 Å². The fourth-order valence-electron chi connectivity index (χ4n) is 1.38. The molecule has 1 unspecified atom stereocenters. The summed E-state index contributed by atoms with van der Waals surface area (Å²) in [7, 11) is 1.82. The maximum absolute atomic E-state index is 13.0. The third-order valence-corrected chi connectivity index (χ3v) is 2.29. The third kappa shape index (κ3) is 1.37. The van der Waals surface area contributed by atoms with Gasteiger partial charge in [-0.05, 0) is 32.2 Å². The summed E-state index contributed by atoms with van der Waals surface area (Å²) in [5.41, 5.74) is 0.684. The van der Waals surface area contributed by atoms with E-state index in [0.29, 0.717) is 11.3 Å². The van der Waals surface area contributed by atoms with Crippen molar-refractivity contribution in [3.05, 3.63) is 29.8 Å². The third-order valence-electron chi connectivity index (χ3n) is 2.29. The lowest BCUT2D eigenvalue weighted by atomic mass is 10.1. The van der Waals surface area contributed by atoms with Crippen LogP contribution in [0.5, 0.6) is 0 Å². The van der Waals surface area contributed by atoms with Gasteiger partial charge in [0.15, 0.2) is 5.76 Å². The Bertz CT molecular complexity index is 452. The van der Waals surface area contributed by atoms with E-state index in [9.17, 15) is 4.39 Å². The number of nitrogens with one attached hydrogen (secondary N) is 1. The molecule has 4 heteroatoms. The molecule has 14 heavy (non-hydrogen) atoms. The number of rotatable bonds is 2. The highest BCUT2D eigenvalue weighted by molar-refractivity contribution is 5.80. The minimum Gasteiger partial charge on any atom is -0.358 e. The van der Waals surface area contributed by atoms with Crippen molar-refractivity contribution in [1.82, 2.24) is 10.5 Å². The van der Waals surface area contributed by atoms with Crippen LogP contribution >= 0.6 is 0 Å². The summed E-state index contributed by atoms with van der Waals surface area (Å²) in [6.07, 6.45) is 0. The Balaban J connectivity index is 2.61. The molecule has 1 N–H and O–H groups in total. The zero-order valence-electron chi connectivity index (χ0n) is 8.04. The van der Waals surface area contributed by atoms with Crippen molar-refractivity contribution in [3.63, 3.8) is 0 Å². The van der Waals surface area contributed by atoms with E-state index < -0.39 is 0 Å². The first-order valence-corrected chi connectivity index (χ1v) is 4.44. The fraction of sp³-hybridized carbons (Fsp3) is 0.300. The largest absolute Gasteiger partial charge is 0.358 e. The number of halogens is 1. The van der Waals surface area contributed by atoms with Crippen LogP contribution < -0.4 is 5.32 Å². The molecule has 1 aromatic carbocycles. The molecule has 0 aliphatic heterocycles. The van der Waals surface area contributed by atoms with E-state index in [1.54, 1.807) is 6.07 Å². The SMILES string of the molecule is CNC(C)c1onc2ccc(F)cc12. The Hall–Kier alpha value is -1.42. The van der Waals surface area contributed by atoms with E-state index >= 15 is 0 Å². The monoisotopic (exact) mass is 194 g/mol. The van der Waals surface area contributed by atoms with Gasteiger partial charge in [-0.1, -0.05) is 5.16 Å². The van der Waals surface area contributed by atoms with E-state index in [-0.39, 0.29) is 11.9 Å². The molecule has 3 nitrogen and oxygen atoms in total. The molecule has 0 saturated carbocycles. The molecule has 0 bridgehead atoms. The van der Waals surface area contributed by atoms with Gasteiger partial charge in [-0.2, -0.15) is 0 Å². The summed E-state index contributed by atoms with van der Waals surface area (Å²) in [6, 6.07) is 4.45. The Morgan fingerprint density at radius 1 is 1.50 bits per heavy atom. The minimum absolute atomic E-state index is 0.0294. The van der Waals surface area contributed by atoms with Gasteiger partial charge < -0.3 is 9.84 Å². The maximum atomic E-state index is 13.0. The fourth-order valence-corrected chi connectivity index (χ4v) is 1.38. The Morgan fingerprint density at radius 3 is 3.00 bits per heavy atom. The lowest BCUT2D eigenvalue weighted by molar-refractivity contribution is 0.360. The Kier molecular flexibility index (Phi) is 2.21. The van der Waals surface area contributed by atoms with Gasteiger partial charge in [0.25, 0.3) is 0 Å². The van der Waals surface area contributed by atoms with Crippen LogP contribution in [0.3, 0.4) is 0 Å². The number of hydrogen-bond acceptors (Lipinski definition) is 3. The van der Waals surface area contributed by atoms with Crippen molar-refractivity contribution < 1.29 is 8.91 Å². The number of fused-ring (bicyclic) bond motifs is 1. The smallest absolute Gasteiger partial charge is 0.161 e. The van der Waals surface area contributed by atoms with Gasteiger partial charge in [0.05, 0.1) is 6.04 Å². The molecule has 0 fully saturated rings. The predicted molar refractivity (Wildman–Crippen MR) is 51.4 cm³/mol. The molecule has 0 radical (unpaired) electrons. The van der Waals surface area contributed by atoms with Gasteiger partial charge in [-0.25, -0.2) is 4.39 Å². The maximum Gasteiger partial charge on any atom is 0.161 e. The zero-order valence-corrected chi connectivity index (χ0v) is 8.04. The van der Waals surface area contributed by atoms with Crippen molar-refractivity contribution in [2.24, 2.45) is 0 Å². The average molecular weight is 194 g/mol. The number of benzene rings is 1. The second kappa shape index (κ2) is 3.38. The molecule has 1 atom stereocenters. The molecule has 0 aliphatic rings. The highest BCUT2D eigenvalue weighted by atomic mass is 19.1.